The minimum absolute atomic E-state index is 0.172. The second-order valence-corrected chi connectivity index (χ2v) is 10.4. The molecule has 9 heteroatoms. The zero-order valence-corrected chi connectivity index (χ0v) is 20.1. The van der Waals surface area contributed by atoms with E-state index in [-0.39, 0.29) is 5.92 Å². The van der Waals surface area contributed by atoms with Crippen molar-refractivity contribution in [3.05, 3.63) is 53.9 Å². The number of piperidine rings is 1. The lowest BCUT2D eigenvalue weighted by atomic mass is 10.00. The van der Waals surface area contributed by atoms with Gasteiger partial charge in [-0.3, -0.25) is 0 Å². The first-order valence-corrected chi connectivity index (χ1v) is 12.4. The third-order valence-corrected chi connectivity index (χ3v) is 7.89. The van der Waals surface area contributed by atoms with Crippen LogP contribution in [0, 0.1) is 0 Å². The van der Waals surface area contributed by atoms with Gasteiger partial charge in [0.2, 0.25) is 21.7 Å². The van der Waals surface area contributed by atoms with Gasteiger partial charge in [-0.05, 0) is 48.6 Å². The van der Waals surface area contributed by atoms with Crippen LogP contribution in [0.3, 0.4) is 0 Å². The summed E-state index contributed by atoms with van der Waals surface area (Å²) in [5.41, 5.74) is 1.79. The molecular formula is C24H29N3O5S. The second-order valence-electron chi connectivity index (χ2n) is 8.45. The molecular weight excluding hydrogens is 442 g/mol. The van der Waals surface area contributed by atoms with Crippen LogP contribution in [0.4, 0.5) is 0 Å². The number of hydrogen-bond acceptors (Lipinski definition) is 7. The molecule has 1 fully saturated rings. The molecule has 0 unspecified atom stereocenters. The van der Waals surface area contributed by atoms with Gasteiger partial charge in [0.15, 0.2) is 0 Å². The molecule has 4 rings (SSSR count). The monoisotopic (exact) mass is 471 g/mol. The molecule has 0 spiro atoms. The van der Waals surface area contributed by atoms with Gasteiger partial charge in [0.1, 0.15) is 11.5 Å². The molecule has 176 valence electrons. The van der Waals surface area contributed by atoms with Crippen molar-refractivity contribution in [3.63, 3.8) is 0 Å². The van der Waals surface area contributed by atoms with E-state index in [1.807, 2.05) is 18.2 Å². The van der Waals surface area contributed by atoms with Crippen LogP contribution < -0.4 is 9.47 Å². The Morgan fingerprint density at radius 2 is 1.85 bits per heavy atom. The lowest BCUT2D eigenvalue weighted by Crippen LogP contribution is -2.39. The van der Waals surface area contributed by atoms with Gasteiger partial charge in [-0.2, -0.15) is 9.29 Å². The second kappa shape index (κ2) is 9.52. The number of ether oxygens (including phenoxy) is 2. The van der Waals surface area contributed by atoms with Gasteiger partial charge in [-0.1, -0.05) is 31.1 Å². The van der Waals surface area contributed by atoms with E-state index in [1.165, 1.54) is 4.31 Å². The summed E-state index contributed by atoms with van der Waals surface area (Å²) < 4.78 is 44.2. The standard InChI is InChI=1S/C24H29N3O5S/c1-16(2)17-7-10-20(11-8-17)33(28,29)27-13-5-6-18(15-27)24-25-23(26-32-24)21-12-9-19(30-3)14-22(21)31-4/h7-12,14,16,18H,5-6,13,15H2,1-4H3/t18-/m0/s1. The van der Waals surface area contributed by atoms with Crippen molar-refractivity contribution in [2.75, 3.05) is 27.3 Å². The smallest absolute Gasteiger partial charge is 0.243 e. The fourth-order valence-electron chi connectivity index (χ4n) is 4.03. The van der Waals surface area contributed by atoms with E-state index in [0.29, 0.717) is 52.7 Å². The third-order valence-electron chi connectivity index (χ3n) is 6.01. The molecule has 1 aliphatic heterocycles. The first-order valence-electron chi connectivity index (χ1n) is 11.0. The van der Waals surface area contributed by atoms with E-state index >= 15 is 0 Å². The Morgan fingerprint density at radius 3 is 2.52 bits per heavy atom. The fraction of sp³-hybridized carbons (Fsp3) is 0.417. The first-order chi connectivity index (χ1) is 15.8. The summed E-state index contributed by atoms with van der Waals surface area (Å²) in [5, 5.41) is 4.12. The maximum Gasteiger partial charge on any atom is 0.243 e. The van der Waals surface area contributed by atoms with Crippen LogP contribution in [0.5, 0.6) is 11.5 Å². The number of hydrogen-bond donors (Lipinski definition) is 0. The number of nitrogens with zero attached hydrogens (tertiary/aromatic N) is 3. The summed E-state index contributed by atoms with van der Waals surface area (Å²) in [6.45, 7) is 4.94. The largest absolute Gasteiger partial charge is 0.497 e. The highest BCUT2D eigenvalue weighted by Gasteiger charge is 2.33. The molecule has 33 heavy (non-hydrogen) atoms. The number of rotatable bonds is 7. The van der Waals surface area contributed by atoms with Crippen LogP contribution in [-0.4, -0.2) is 50.2 Å². The quantitative estimate of drug-likeness (QED) is 0.502. The average Bonchev–Trinajstić information content (AvgIpc) is 3.34. The Kier molecular flexibility index (Phi) is 6.71. The summed E-state index contributed by atoms with van der Waals surface area (Å²) in [5.74, 6) is 2.23. The third kappa shape index (κ3) is 4.74. The van der Waals surface area contributed by atoms with Gasteiger partial charge in [-0.25, -0.2) is 8.42 Å². The van der Waals surface area contributed by atoms with Crippen LogP contribution in [-0.2, 0) is 10.0 Å². The molecule has 2 heterocycles. The summed E-state index contributed by atoms with van der Waals surface area (Å²) >= 11 is 0. The maximum atomic E-state index is 13.2. The van der Waals surface area contributed by atoms with Crippen molar-refractivity contribution in [2.24, 2.45) is 0 Å². The van der Waals surface area contributed by atoms with Gasteiger partial charge in [0.05, 0.1) is 30.6 Å². The number of aromatic nitrogens is 2. The Hall–Kier alpha value is -2.91. The fourth-order valence-corrected chi connectivity index (χ4v) is 5.55. The van der Waals surface area contributed by atoms with Crippen molar-refractivity contribution >= 4 is 10.0 Å². The summed E-state index contributed by atoms with van der Waals surface area (Å²) in [7, 11) is -0.447. The van der Waals surface area contributed by atoms with Gasteiger partial charge < -0.3 is 14.0 Å². The van der Waals surface area contributed by atoms with Crippen molar-refractivity contribution in [3.8, 4) is 22.9 Å². The van der Waals surface area contributed by atoms with E-state index < -0.39 is 10.0 Å². The normalized spacial score (nSPS) is 17.3. The Labute approximate surface area is 194 Å². The summed E-state index contributed by atoms with van der Waals surface area (Å²) in [6, 6.07) is 12.5. The zero-order chi connectivity index (χ0) is 23.6. The highest BCUT2D eigenvalue weighted by atomic mass is 32.2. The molecule has 0 amide bonds. The van der Waals surface area contributed by atoms with Gasteiger partial charge in [-0.15, -0.1) is 0 Å². The number of benzene rings is 2. The highest BCUT2D eigenvalue weighted by Crippen LogP contribution is 2.34. The van der Waals surface area contributed by atoms with Crippen molar-refractivity contribution in [1.29, 1.82) is 0 Å². The molecule has 1 atom stereocenters. The lowest BCUT2D eigenvalue weighted by Gasteiger charge is -2.30. The minimum atomic E-state index is -3.60. The molecule has 0 bridgehead atoms. The maximum absolute atomic E-state index is 13.2. The molecule has 0 aliphatic carbocycles. The lowest BCUT2D eigenvalue weighted by molar-refractivity contribution is 0.265. The number of methoxy groups -OCH3 is 2. The van der Waals surface area contributed by atoms with Gasteiger partial charge in [0, 0.05) is 19.2 Å². The van der Waals surface area contributed by atoms with Crippen LogP contribution in [0.2, 0.25) is 0 Å². The Balaban J connectivity index is 1.54. The van der Waals surface area contributed by atoms with Crippen LogP contribution in [0.1, 0.15) is 50.0 Å². The first kappa shape index (κ1) is 23.3. The van der Waals surface area contributed by atoms with Gasteiger partial charge >= 0.3 is 0 Å². The van der Waals surface area contributed by atoms with Crippen molar-refractivity contribution in [2.45, 2.75) is 43.4 Å². The zero-order valence-electron chi connectivity index (χ0n) is 19.3. The van der Waals surface area contributed by atoms with E-state index in [2.05, 4.69) is 24.0 Å². The predicted molar refractivity (Wildman–Crippen MR) is 124 cm³/mol. The molecule has 0 radical (unpaired) electrons. The van der Waals surface area contributed by atoms with Gasteiger partial charge in [0.25, 0.3) is 0 Å². The highest BCUT2D eigenvalue weighted by molar-refractivity contribution is 7.89. The van der Waals surface area contributed by atoms with Crippen molar-refractivity contribution in [1.82, 2.24) is 14.4 Å². The van der Waals surface area contributed by atoms with E-state index in [0.717, 1.165) is 18.4 Å². The average molecular weight is 472 g/mol. The Bertz CT molecular complexity index is 1210. The summed E-state index contributed by atoms with van der Waals surface area (Å²) in [4.78, 5) is 4.88. The Morgan fingerprint density at radius 1 is 1.09 bits per heavy atom. The van der Waals surface area contributed by atoms with Crippen LogP contribution in [0.15, 0.2) is 51.9 Å². The van der Waals surface area contributed by atoms with E-state index in [1.54, 1.807) is 38.5 Å². The molecule has 0 saturated carbocycles. The van der Waals surface area contributed by atoms with E-state index in [4.69, 9.17) is 14.0 Å². The molecule has 1 saturated heterocycles. The molecule has 0 N–H and O–H groups in total. The van der Waals surface area contributed by atoms with E-state index in [9.17, 15) is 8.42 Å². The number of sulfonamides is 1. The molecule has 2 aromatic carbocycles. The molecule has 8 nitrogen and oxygen atoms in total. The molecule has 3 aromatic rings. The minimum Gasteiger partial charge on any atom is -0.497 e. The predicted octanol–water partition coefficient (Wildman–Crippen LogP) is 4.45. The summed E-state index contributed by atoms with van der Waals surface area (Å²) in [6.07, 6.45) is 1.50. The van der Waals surface area contributed by atoms with Crippen molar-refractivity contribution < 1.29 is 22.4 Å². The molecule has 1 aliphatic rings. The van der Waals surface area contributed by atoms with Crippen LogP contribution >= 0.6 is 0 Å². The molecule has 1 aromatic heterocycles. The SMILES string of the molecule is COc1ccc(-c2noc([C@H]3CCCN(S(=O)(=O)c4ccc(C(C)C)cc4)C3)n2)c(OC)c1. The van der Waals surface area contributed by atoms with Crippen LogP contribution in [0.25, 0.3) is 11.4 Å². The topological polar surface area (TPSA) is 94.8 Å².